The van der Waals surface area contributed by atoms with Gasteiger partial charge in [0, 0.05) is 0 Å². The predicted molar refractivity (Wildman–Crippen MR) is 70.4 cm³/mol. The van der Waals surface area contributed by atoms with Crippen molar-refractivity contribution in [3.05, 3.63) is 0 Å². The zero-order valence-corrected chi connectivity index (χ0v) is 11.8. The second-order valence-corrected chi connectivity index (χ2v) is 3.93. The number of unbranched alkanes of at least 4 members (excludes halogenated alkanes) is 1. The summed E-state index contributed by atoms with van der Waals surface area (Å²) in [6.45, 7) is 12.7. The minimum atomic E-state index is 0.529. The smallest absolute Gasteiger partial charge is 0.0579 e. The maximum atomic E-state index is 5.60. The van der Waals surface area contributed by atoms with Gasteiger partial charge < -0.3 is 4.74 Å². The van der Waals surface area contributed by atoms with Crippen molar-refractivity contribution in [2.75, 3.05) is 0 Å². The lowest BCUT2D eigenvalue weighted by atomic mass is 10.1. The molecule has 0 spiro atoms. The first kappa shape index (κ1) is 17.4. The Morgan fingerprint density at radius 1 is 0.933 bits per heavy atom. The fourth-order valence-corrected chi connectivity index (χ4v) is 1.42. The van der Waals surface area contributed by atoms with Gasteiger partial charge in [-0.1, -0.05) is 53.9 Å². The quantitative estimate of drug-likeness (QED) is 0.631. The molecule has 0 saturated carbocycles. The third-order valence-corrected chi connectivity index (χ3v) is 2.43. The van der Waals surface area contributed by atoms with Crippen molar-refractivity contribution in [3.63, 3.8) is 0 Å². The van der Waals surface area contributed by atoms with E-state index in [-0.39, 0.29) is 0 Å². The molecule has 15 heavy (non-hydrogen) atoms. The van der Waals surface area contributed by atoms with Gasteiger partial charge in [-0.25, -0.2) is 0 Å². The van der Waals surface area contributed by atoms with Crippen LogP contribution in [0.4, 0.5) is 0 Å². The first-order chi connectivity index (χ1) is 7.24. The molecule has 1 nitrogen and oxygen atoms in total. The monoisotopic (exact) mass is 216 g/mol. The fraction of sp³-hybridized carbons (Fsp3) is 1.00. The van der Waals surface area contributed by atoms with Crippen LogP contribution in [0.25, 0.3) is 0 Å². The van der Waals surface area contributed by atoms with E-state index in [1.165, 1.54) is 38.5 Å². The molecule has 1 heteroatoms. The summed E-state index contributed by atoms with van der Waals surface area (Å²) in [6, 6.07) is 0. The Morgan fingerprint density at radius 2 is 1.47 bits per heavy atom. The Kier molecular flexibility index (Phi) is 16.2. The Hall–Kier alpha value is -0.0400. The topological polar surface area (TPSA) is 9.23 Å². The molecule has 0 bridgehead atoms. The minimum absolute atomic E-state index is 0.529. The van der Waals surface area contributed by atoms with Crippen molar-refractivity contribution in [1.82, 2.24) is 0 Å². The van der Waals surface area contributed by atoms with E-state index in [2.05, 4.69) is 27.7 Å². The lowest BCUT2D eigenvalue weighted by Gasteiger charge is -2.07. The highest BCUT2D eigenvalue weighted by atomic mass is 16.5. The van der Waals surface area contributed by atoms with E-state index in [9.17, 15) is 0 Å². The SMILES string of the molecule is CC.CCCC.CCCC1CCC(C)O1. The van der Waals surface area contributed by atoms with Gasteiger partial charge >= 0.3 is 0 Å². The molecule has 0 aromatic rings. The summed E-state index contributed by atoms with van der Waals surface area (Å²) in [5, 5.41) is 0. The molecule has 94 valence electrons. The van der Waals surface area contributed by atoms with Crippen LogP contribution in [0.3, 0.4) is 0 Å². The molecule has 0 aromatic heterocycles. The van der Waals surface area contributed by atoms with E-state index >= 15 is 0 Å². The molecule has 2 atom stereocenters. The van der Waals surface area contributed by atoms with Crippen LogP contribution >= 0.6 is 0 Å². The lowest BCUT2D eigenvalue weighted by Crippen LogP contribution is -2.06. The summed E-state index contributed by atoms with van der Waals surface area (Å²) in [5.41, 5.74) is 0. The Labute approximate surface area is 97.6 Å². The van der Waals surface area contributed by atoms with Crippen LogP contribution in [0.5, 0.6) is 0 Å². The zero-order chi connectivity index (χ0) is 12.1. The third kappa shape index (κ3) is 11.9. The first-order valence-corrected chi connectivity index (χ1v) is 6.89. The molecular weight excluding hydrogens is 184 g/mol. The second-order valence-electron chi connectivity index (χ2n) is 3.93. The van der Waals surface area contributed by atoms with Crippen molar-refractivity contribution >= 4 is 0 Å². The lowest BCUT2D eigenvalue weighted by molar-refractivity contribution is 0.0506. The Bertz CT molecular complexity index is 97.5. The van der Waals surface area contributed by atoms with E-state index in [0.717, 1.165) is 0 Å². The van der Waals surface area contributed by atoms with Gasteiger partial charge in [0.05, 0.1) is 12.2 Å². The highest BCUT2D eigenvalue weighted by Crippen LogP contribution is 2.21. The van der Waals surface area contributed by atoms with Crippen LogP contribution in [-0.4, -0.2) is 12.2 Å². The van der Waals surface area contributed by atoms with Crippen LogP contribution in [0.2, 0.25) is 0 Å². The van der Waals surface area contributed by atoms with Crippen LogP contribution < -0.4 is 0 Å². The van der Waals surface area contributed by atoms with Crippen LogP contribution in [0, 0.1) is 0 Å². The Balaban J connectivity index is 0. The molecule has 0 radical (unpaired) electrons. The molecule has 1 heterocycles. The van der Waals surface area contributed by atoms with Crippen molar-refractivity contribution in [2.24, 2.45) is 0 Å². The van der Waals surface area contributed by atoms with Crippen LogP contribution in [-0.2, 0) is 4.74 Å². The molecular formula is C14H32O. The van der Waals surface area contributed by atoms with Gasteiger partial charge in [0.1, 0.15) is 0 Å². The van der Waals surface area contributed by atoms with E-state index in [1.807, 2.05) is 13.8 Å². The molecule has 1 saturated heterocycles. The Morgan fingerprint density at radius 3 is 1.73 bits per heavy atom. The molecule has 1 fully saturated rings. The maximum absolute atomic E-state index is 5.60. The summed E-state index contributed by atoms with van der Waals surface area (Å²) in [7, 11) is 0. The van der Waals surface area contributed by atoms with Gasteiger partial charge in [-0.05, 0) is 26.2 Å². The molecule has 1 rings (SSSR count). The van der Waals surface area contributed by atoms with E-state index < -0.39 is 0 Å². The predicted octanol–water partition coefficient (Wildman–Crippen LogP) is 5.19. The van der Waals surface area contributed by atoms with E-state index in [4.69, 9.17) is 4.74 Å². The number of hydrogen-bond donors (Lipinski definition) is 0. The first-order valence-electron chi connectivity index (χ1n) is 6.89. The standard InChI is InChI=1S/C8H16O.C4H10.C2H6/c1-3-4-8-6-5-7(2)9-8;1-3-4-2;1-2/h7-8H,3-6H2,1-2H3;3-4H2,1-2H3;1-2H3. The highest BCUT2D eigenvalue weighted by Gasteiger charge is 2.19. The molecule has 0 N–H and O–H groups in total. The van der Waals surface area contributed by atoms with Gasteiger partial charge in [-0.3, -0.25) is 0 Å². The fourth-order valence-electron chi connectivity index (χ4n) is 1.42. The molecule has 1 aliphatic heterocycles. The van der Waals surface area contributed by atoms with Gasteiger partial charge in [-0.15, -0.1) is 0 Å². The largest absolute Gasteiger partial charge is 0.375 e. The second kappa shape index (κ2) is 14.0. The summed E-state index contributed by atoms with van der Waals surface area (Å²) >= 11 is 0. The van der Waals surface area contributed by atoms with Gasteiger partial charge in [-0.2, -0.15) is 0 Å². The summed E-state index contributed by atoms with van der Waals surface area (Å²) in [4.78, 5) is 0. The molecule has 0 amide bonds. The molecule has 2 unspecified atom stereocenters. The van der Waals surface area contributed by atoms with Crippen molar-refractivity contribution in [1.29, 1.82) is 0 Å². The number of rotatable bonds is 3. The van der Waals surface area contributed by atoms with Gasteiger partial charge in [0.25, 0.3) is 0 Å². The average molecular weight is 216 g/mol. The van der Waals surface area contributed by atoms with E-state index in [0.29, 0.717) is 12.2 Å². The van der Waals surface area contributed by atoms with Gasteiger partial charge in [0.15, 0.2) is 0 Å². The average Bonchev–Trinajstić information content (AvgIpc) is 2.68. The molecule has 1 aliphatic rings. The summed E-state index contributed by atoms with van der Waals surface area (Å²) < 4.78 is 5.60. The highest BCUT2D eigenvalue weighted by molar-refractivity contribution is 4.69. The number of hydrogen-bond acceptors (Lipinski definition) is 1. The number of ether oxygens (including phenoxy) is 1. The maximum Gasteiger partial charge on any atom is 0.0579 e. The van der Waals surface area contributed by atoms with Crippen molar-refractivity contribution in [3.8, 4) is 0 Å². The van der Waals surface area contributed by atoms with Gasteiger partial charge in [0.2, 0.25) is 0 Å². The zero-order valence-electron chi connectivity index (χ0n) is 11.8. The van der Waals surface area contributed by atoms with Crippen molar-refractivity contribution in [2.45, 2.75) is 92.3 Å². The van der Waals surface area contributed by atoms with Crippen LogP contribution in [0.1, 0.15) is 80.1 Å². The third-order valence-electron chi connectivity index (χ3n) is 2.43. The van der Waals surface area contributed by atoms with Crippen LogP contribution in [0.15, 0.2) is 0 Å². The minimum Gasteiger partial charge on any atom is -0.375 e. The van der Waals surface area contributed by atoms with E-state index in [1.54, 1.807) is 0 Å². The normalized spacial score (nSPS) is 23.6. The molecule has 0 aliphatic carbocycles. The van der Waals surface area contributed by atoms with Crippen molar-refractivity contribution < 1.29 is 4.74 Å². The molecule has 0 aromatic carbocycles. The summed E-state index contributed by atoms with van der Waals surface area (Å²) in [6.07, 6.45) is 8.83. The summed E-state index contributed by atoms with van der Waals surface area (Å²) in [5.74, 6) is 0.